The van der Waals surface area contributed by atoms with Gasteiger partial charge in [0.1, 0.15) is 0 Å². The van der Waals surface area contributed by atoms with Gasteiger partial charge in [-0.2, -0.15) is 0 Å². The van der Waals surface area contributed by atoms with Gasteiger partial charge >= 0.3 is 23.1 Å². The van der Waals surface area contributed by atoms with Crippen LogP contribution in [0.5, 0.6) is 0 Å². The Balaban J connectivity index is -0.0000000970. The number of hydrogen-bond acceptors (Lipinski definition) is 0. The van der Waals surface area contributed by atoms with Crippen molar-refractivity contribution >= 4 is 75.9 Å². The molecule has 0 spiro atoms. The zero-order valence-electron chi connectivity index (χ0n) is 14.2. The van der Waals surface area contributed by atoms with E-state index in [1.165, 1.54) is 6.42 Å². The van der Waals surface area contributed by atoms with E-state index in [1.54, 1.807) is 30.6 Å². The molecule has 0 N–H and O–H groups in total. The first-order chi connectivity index (χ1) is 7.95. The Bertz CT molecular complexity index is 192. The van der Waals surface area contributed by atoms with Gasteiger partial charge in [0.05, 0.1) is 8.07 Å². The molecule has 0 radical (unpaired) electrons. The minimum atomic E-state index is -1.51. The summed E-state index contributed by atoms with van der Waals surface area (Å²) in [6, 6.07) is 8.61. The molecule has 108 valence electrons. The Morgan fingerprint density at radius 3 is 1.22 bits per heavy atom. The molecule has 2 heterocycles. The van der Waals surface area contributed by atoms with Gasteiger partial charge in [0.2, 0.25) is 0 Å². The predicted octanol–water partition coefficient (Wildman–Crippen LogP) is 6.43. The van der Waals surface area contributed by atoms with Crippen LogP contribution in [0, 0.1) is 0 Å². The minimum absolute atomic E-state index is 0. The van der Waals surface area contributed by atoms with Crippen molar-refractivity contribution in [1.29, 1.82) is 0 Å². The van der Waals surface area contributed by atoms with Crippen molar-refractivity contribution in [3.8, 4) is 0 Å². The van der Waals surface area contributed by atoms with E-state index in [2.05, 4.69) is 29.8 Å². The van der Waals surface area contributed by atoms with Crippen molar-refractivity contribution in [3.05, 3.63) is 0 Å². The summed E-state index contributed by atoms with van der Waals surface area (Å²) in [6.45, 7) is 5.30. The van der Waals surface area contributed by atoms with E-state index in [9.17, 15) is 0 Å². The molecule has 0 aromatic heterocycles. The number of hydrogen-bond donors (Lipinski definition) is 0. The molecule has 2 saturated heterocycles. The van der Waals surface area contributed by atoms with Crippen LogP contribution in [0.1, 0.15) is 36.5 Å². The number of halogens is 3. The van der Waals surface area contributed by atoms with Crippen molar-refractivity contribution in [2.24, 2.45) is 0 Å². The second-order valence-corrected chi connectivity index (χ2v) is 19.2. The molecule has 2 aliphatic rings. The second-order valence-electron chi connectivity index (χ2n) is 5.04. The summed E-state index contributed by atoms with van der Waals surface area (Å²) in [7, 11) is -0.491. The summed E-state index contributed by atoms with van der Waals surface area (Å²) in [5, 5.41) is 1.06. The minimum Gasteiger partial charge on any atom is -1.00 e. The van der Waals surface area contributed by atoms with E-state index in [-0.39, 0.29) is 25.9 Å². The fourth-order valence-electron chi connectivity index (χ4n) is 2.08. The van der Waals surface area contributed by atoms with Crippen LogP contribution < -0.4 is 0 Å². The first kappa shape index (κ1) is 22.5. The molecule has 2 rings (SSSR count). The van der Waals surface area contributed by atoms with E-state index in [4.69, 9.17) is 22.2 Å². The SMILES string of the molecule is CCBr.CC[Si]1(CC)CCC1.Cl[Si]1(Cl)CCC1.[H-].[H-].[Mg+2]. The maximum Gasteiger partial charge on any atom is 2.00 e. The fourth-order valence-corrected chi connectivity index (χ4v) is 7.84. The average molecular weight is 405 g/mol. The molecular formula is C12H29BrCl2MgSi2. The molecule has 0 aromatic carbocycles. The van der Waals surface area contributed by atoms with Gasteiger partial charge in [-0.15, -0.1) is 22.2 Å². The predicted molar refractivity (Wildman–Crippen MR) is 100 cm³/mol. The van der Waals surface area contributed by atoms with Crippen LogP contribution in [-0.4, -0.2) is 43.2 Å². The van der Waals surface area contributed by atoms with Crippen molar-refractivity contribution in [2.45, 2.75) is 69.9 Å². The van der Waals surface area contributed by atoms with Gasteiger partial charge in [0.25, 0.3) is 6.69 Å². The molecule has 18 heavy (non-hydrogen) atoms. The molecule has 0 aromatic rings. The van der Waals surface area contributed by atoms with Gasteiger partial charge < -0.3 is 2.85 Å². The summed E-state index contributed by atoms with van der Waals surface area (Å²) in [5.41, 5.74) is 0. The molecule has 0 atom stereocenters. The Hall–Kier alpha value is 2.26. The topological polar surface area (TPSA) is 0 Å². The zero-order valence-corrected chi connectivity index (χ0v) is 18.7. The molecule has 0 amide bonds. The van der Waals surface area contributed by atoms with Crippen LogP contribution in [0.25, 0.3) is 0 Å². The van der Waals surface area contributed by atoms with Gasteiger partial charge in [-0.25, -0.2) is 0 Å². The van der Waals surface area contributed by atoms with E-state index in [0.717, 1.165) is 17.4 Å². The molecule has 2 fully saturated rings. The maximum atomic E-state index is 5.71. The molecule has 0 aliphatic carbocycles. The normalized spacial score (nSPS) is 21.7. The summed E-state index contributed by atoms with van der Waals surface area (Å²) >= 11 is 14.6. The second kappa shape index (κ2) is 11.9. The van der Waals surface area contributed by atoms with Gasteiger partial charge in [-0.3, -0.25) is 0 Å². The monoisotopic (exact) mass is 402 g/mol. The Morgan fingerprint density at radius 2 is 1.22 bits per heavy atom. The first-order valence-corrected chi connectivity index (χ1v) is 15.3. The Labute approximate surface area is 153 Å². The molecule has 0 unspecified atom stereocenters. The maximum absolute atomic E-state index is 5.71. The number of rotatable bonds is 2. The summed E-state index contributed by atoms with van der Waals surface area (Å²) in [5.74, 6) is 0. The number of alkyl halides is 1. The first-order valence-electron chi connectivity index (χ1n) is 6.89. The third-order valence-electron chi connectivity index (χ3n) is 4.00. The molecule has 2 aliphatic heterocycles. The van der Waals surface area contributed by atoms with Crippen LogP contribution >= 0.6 is 38.1 Å². The molecule has 0 nitrogen and oxygen atoms in total. The molecule has 6 heteroatoms. The third kappa shape index (κ3) is 9.24. The van der Waals surface area contributed by atoms with Crippen molar-refractivity contribution in [2.75, 3.05) is 5.33 Å². The van der Waals surface area contributed by atoms with Crippen molar-refractivity contribution in [3.63, 3.8) is 0 Å². The fraction of sp³-hybridized carbons (Fsp3) is 1.00. The Morgan fingerprint density at radius 1 is 0.944 bits per heavy atom. The smallest absolute Gasteiger partial charge is 1.00 e. The standard InChI is InChI=1S/C7H16Si.C3H6Cl2Si.C2H5Br.Mg.2H/c1-3-8(4-2)6-5-7-8;4-6(5)2-1-3-6;1-2-3;;;/h3-7H2,1-2H3;1-3H2;2H2,1H3;;;/q;;;+2;2*-1. The van der Waals surface area contributed by atoms with E-state index >= 15 is 0 Å². The average Bonchev–Trinajstić information content (AvgIpc) is 2.18. The van der Waals surface area contributed by atoms with Gasteiger partial charge in [0.15, 0.2) is 0 Å². The van der Waals surface area contributed by atoms with Crippen LogP contribution in [-0.2, 0) is 0 Å². The van der Waals surface area contributed by atoms with Crippen LogP contribution in [0.15, 0.2) is 0 Å². The van der Waals surface area contributed by atoms with E-state index in [1.807, 2.05) is 6.92 Å². The van der Waals surface area contributed by atoms with Crippen LogP contribution in [0.4, 0.5) is 0 Å². The summed E-state index contributed by atoms with van der Waals surface area (Å²) in [6.07, 6.45) is 2.81. The quantitative estimate of drug-likeness (QED) is 0.282. The van der Waals surface area contributed by atoms with Gasteiger partial charge in [0, 0.05) is 5.33 Å². The molecule has 0 saturated carbocycles. The zero-order chi connectivity index (χ0) is 13.4. The van der Waals surface area contributed by atoms with Crippen molar-refractivity contribution in [1.82, 2.24) is 0 Å². The molecular weight excluding hydrogens is 375 g/mol. The Kier molecular flexibility index (Phi) is 14.9. The largest absolute Gasteiger partial charge is 2.00 e. The molecule has 0 bridgehead atoms. The van der Waals surface area contributed by atoms with Crippen molar-refractivity contribution < 1.29 is 2.85 Å². The van der Waals surface area contributed by atoms with Gasteiger partial charge in [-0.1, -0.05) is 73.7 Å². The van der Waals surface area contributed by atoms with Gasteiger partial charge in [-0.05, 0) is 12.1 Å². The third-order valence-corrected chi connectivity index (χ3v) is 14.3. The van der Waals surface area contributed by atoms with E-state index in [0.29, 0.717) is 0 Å². The van der Waals surface area contributed by atoms with E-state index < -0.39 is 14.8 Å². The summed E-state index contributed by atoms with van der Waals surface area (Å²) in [4.78, 5) is 0. The van der Waals surface area contributed by atoms with Crippen LogP contribution in [0.2, 0.25) is 36.3 Å². The van der Waals surface area contributed by atoms with Crippen LogP contribution in [0.3, 0.4) is 0 Å². The summed E-state index contributed by atoms with van der Waals surface area (Å²) < 4.78 is 0.